The van der Waals surface area contributed by atoms with E-state index in [9.17, 15) is 0 Å². The van der Waals surface area contributed by atoms with Gasteiger partial charge in [0.05, 0.1) is 32.5 Å². The van der Waals surface area contributed by atoms with Crippen LogP contribution in [0.3, 0.4) is 0 Å². The topological polar surface area (TPSA) is 53.5 Å². The number of hydrogen-bond donors (Lipinski definition) is 0. The smallest absolute Gasteiger partial charge is 0.223 e. The van der Waals surface area contributed by atoms with Gasteiger partial charge in [-0.25, -0.2) is 9.97 Å². The molecule has 0 aliphatic rings. The average Bonchev–Trinajstić information content (AvgIpc) is 2.59. The Balaban J connectivity index is 2.25. The molecule has 0 saturated carbocycles. The summed E-state index contributed by atoms with van der Waals surface area (Å²) in [7, 11) is 4.80. The van der Waals surface area contributed by atoms with Gasteiger partial charge in [0.15, 0.2) is 11.5 Å². The lowest BCUT2D eigenvalue weighted by molar-refractivity contribution is 0.356. The van der Waals surface area contributed by atoms with Crippen molar-refractivity contribution in [1.82, 2.24) is 9.97 Å². The molecule has 0 atom stereocenters. The normalized spacial score (nSPS) is 10.6. The first-order valence-electron chi connectivity index (χ1n) is 6.90. The van der Waals surface area contributed by atoms with Crippen molar-refractivity contribution in [3.05, 3.63) is 41.7 Å². The van der Waals surface area contributed by atoms with Gasteiger partial charge in [-0.1, -0.05) is 0 Å². The SMILES string of the molecule is COc1ccc(-c2nc(Cl)nc3cc(OC)c(OC)cc23)cc1. The van der Waals surface area contributed by atoms with E-state index in [0.29, 0.717) is 17.0 Å². The van der Waals surface area contributed by atoms with Crippen molar-refractivity contribution in [3.63, 3.8) is 0 Å². The number of halogens is 1. The Morgan fingerprint density at radius 1 is 0.826 bits per heavy atom. The molecule has 0 saturated heterocycles. The molecule has 0 spiro atoms. The third-order valence-electron chi connectivity index (χ3n) is 3.54. The molecule has 1 aromatic heterocycles. The molecule has 6 heteroatoms. The standard InChI is InChI=1S/C17H15ClN2O3/c1-21-11-6-4-10(5-7-11)16-12-8-14(22-2)15(23-3)9-13(12)19-17(18)20-16/h4-9H,1-3H3. The molecule has 0 aliphatic heterocycles. The van der Waals surface area contributed by atoms with E-state index in [0.717, 1.165) is 22.4 Å². The summed E-state index contributed by atoms with van der Waals surface area (Å²) in [4.78, 5) is 8.65. The van der Waals surface area contributed by atoms with E-state index < -0.39 is 0 Å². The second-order valence-corrected chi connectivity index (χ2v) is 5.13. The number of hydrogen-bond acceptors (Lipinski definition) is 5. The van der Waals surface area contributed by atoms with Crippen LogP contribution in [0.25, 0.3) is 22.2 Å². The first-order valence-corrected chi connectivity index (χ1v) is 7.27. The lowest BCUT2D eigenvalue weighted by Crippen LogP contribution is -1.95. The molecule has 0 amide bonds. The molecule has 5 nitrogen and oxygen atoms in total. The Hall–Kier alpha value is -2.53. The second-order valence-electron chi connectivity index (χ2n) is 4.79. The lowest BCUT2D eigenvalue weighted by atomic mass is 10.1. The number of ether oxygens (including phenoxy) is 3. The minimum Gasteiger partial charge on any atom is -0.497 e. The number of methoxy groups -OCH3 is 3. The van der Waals surface area contributed by atoms with Crippen molar-refractivity contribution < 1.29 is 14.2 Å². The van der Waals surface area contributed by atoms with E-state index in [1.54, 1.807) is 27.4 Å². The third-order valence-corrected chi connectivity index (χ3v) is 3.71. The van der Waals surface area contributed by atoms with Gasteiger partial charge in [-0.2, -0.15) is 0 Å². The minimum absolute atomic E-state index is 0.176. The van der Waals surface area contributed by atoms with Gasteiger partial charge in [0.1, 0.15) is 5.75 Å². The van der Waals surface area contributed by atoms with Crippen LogP contribution >= 0.6 is 11.6 Å². The van der Waals surface area contributed by atoms with Gasteiger partial charge in [-0.3, -0.25) is 0 Å². The molecule has 23 heavy (non-hydrogen) atoms. The fourth-order valence-electron chi connectivity index (χ4n) is 2.40. The van der Waals surface area contributed by atoms with E-state index >= 15 is 0 Å². The molecule has 0 radical (unpaired) electrons. The number of aromatic nitrogens is 2. The molecule has 0 unspecified atom stereocenters. The maximum absolute atomic E-state index is 6.08. The quantitative estimate of drug-likeness (QED) is 0.677. The van der Waals surface area contributed by atoms with E-state index in [4.69, 9.17) is 25.8 Å². The third kappa shape index (κ3) is 2.87. The Labute approximate surface area is 138 Å². The van der Waals surface area contributed by atoms with Gasteiger partial charge in [-0.05, 0) is 41.9 Å². The van der Waals surface area contributed by atoms with E-state index in [1.807, 2.05) is 30.3 Å². The van der Waals surface area contributed by atoms with Gasteiger partial charge >= 0.3 is 0 Å². The van der Waals surface area contributed by atoms with Gasteiger partial charge in [0.25, 0.3) is 0 Å². The zero-order chi connectivity index (χ0) is 16.4. The molecule has 0 bridgehead atoms. The Morgan fingerprint density at radius 2 is 1.48 bits per heavy atom. The molecule has 0 fully saturated rings. The van der Waals surface area contributed by atoms with Crippen LogP contribution in [0, 0.1) is 0 Å². The van der Waals surface area contributed by atoms with Crippen LogP contribution in [-0.2, 0) is 0 Å². The highest BCUT2D eigenvalue weighted by atomic mass is 35.5. The molecule has 118 valence electrons. The van der Waals surface area contributed by atoms with Crippen LogP contribution in [0.4, 0.5) is 0 Å². The summed E-state index contributed by atoms with van der Waals surface area (Å²) >= 11 is 6.08. The van der Waals surface area contributed by atoms with Crippen molar-refractivity contribution in [2.24, 2.45) is 0 Å². The van der Waals surface area contributed by atoms with E-state index in [2.05, 4.69) is 9.97 Å². The van der Waals surface area contributed by atoms with Gasteiger partial charge < -0.3 is 14.2 Å². The fourth-order valence-corrected chi connectivity index (χ4v) is 2.57. The van der Waals surface area contributed by atoms with Crippen molar-refractivity contribution >= 4 is 22.5 Å². The van der Waals surface area contributed by atoms with Crippen molar-refractivity contribution in [2.75, 3.05) is 21.3 Å². The lowest BCUT2D eigenvalue weighted by Gasteiger charge is -2.12. The highest BCUT2D eigenvalue weighted by Crippen LogP contribution is 2.36. The summed E-state index contributed by atoms with van der Waals surface area (Å²) < 4.78 is 15.9. The largest absolute Gasteiger partial charge is 0.497 e. The maximum Gasteiger partial charge on any atom is 0.223 e. The van der Waals surface area contributed by atoms with Gasteiger partial charge in [0.2, 0.25) is 5.28 Å². The predicted octanol–water partition coefficient (Wildman–Crippen LogP) is 3.98. The summed E-state index contributed by atoms with van der Waals surface area (Å²) in [6.07, 6.45) is 0. The van der Waals surface area contributed by atoms with Gasteiger partial charge in [0, 0.05) is 17.0 Å². The second kappa shape index (κ2) is 6.30. The molecule has 1 heterocycles. The number of nitrogens with zero attached hydrogens (tertiary/aromatic N) is 2. The zero-order valence-electron chi connectivity index (χ0n) is 13.0. The van der Waals surface area contributed by atoms with Crippen molar-refractivity contribution in [1.29, 1.82) is 0 Å². The Kier molecular flexibility index (Phi) is 4.21. The predicted molar refractivity (Wildman–Crippen MR) is 89.6 cm³/mol. The first-order chi connectivity index (χ1) is 11.2. The van der Waals surface area contributed by atoms with Crippen LogP contribution < -0.4 is 14.2 Å². The number of fused-ring (bicyclic) bond motifs is 1. The van der Waals surface area contributed by atoms with Crippen LogP contribution in [-0.4, -0.2) is 31.3 Å². The maximum atomic E-state index is 6.08. The zero-order valence-corrected chi connectivity index (χ0v) is 13.7. The van der Waals surface area contributed by atoms with Crippen LogP contribution in [0.1, 0.15) is 0 Å². The first kappa shape index (κ1) is 15.4. The summed E-state index contributed by atoms with van der Waals surface area (Å²) in [5, 5.41) is 1.01. The Morgan fingerprint density at radius 3 is 2.09 bits per heavy atom. The highest BCUT2D eigenvalue weighted by molar-refractivity contribution is 6.28. The molecule has 0 N–H and O–H groups in total. The van der Waals surface area contributed by atoms with Crippen molar-refractivity contribution in [3.8, 4) is 28.5 Å². The van der Waals surface area contributed by atoms with Crippen LogP contribution in [0.2, 0.25) is 5.28 Å². The summed E-state index contributed by atoms with van der Waals surface area (Å²) in [6, 6.07) is 11.2. The summed E-state index contributed by atoms with van der Waals surface area (Å²) in [5.41, 5.74) is 2.32. The number of rotatable bonds is 4. The van der Waals surface area contributed by atoms with E-state index in [1.165, 1.54) is 0 Å². The van der Waals surface area contributed by atoms with Crippen molar-refractivity contribution in [2.45, 2.75) is 0 Å². The fraction of sp³-hybridized carbons (Fsp3) is 0.176. The van der Waals surface area contributed by atoms with E-state index in [-0.39, 0.29) is 5.28 Å². The molecule has 3 rings (SSSR count). The molecule has 2 aromatic carbocycles. The number of benzene rings is 2. The minimum atomic E-state index is 0.176. The van der Waals surface area contributed by atoms with Gasteiger partial charge in [-0.15, -0.1) is 0 Å². The summed E-state index contributed by atoms with van der Waals surface area (Å²) in [5.74, 6) is 1.98. The Bertz CT molecular complexity index is 851. The molecular formula is C17H15ClN2O3. The van der Waals surface area contributed by atoms with Crippen LogP contribution in [0.15, 0.2) is 36.4 Å². The summed E-state index contributed by atoms with van der Waals surface area (Å²) in [6.45, 7) is 0. The molecular weight excluding hydrogens is 316 g/mol. The molecule has 0 aliphatic carbocycles. The monoisotopic (exact) mass is 330 g/mol. The van der Waals surface area contributed by atoms with Crippen LogP contribution in [0.5, 0.6) is 17.2 Å². The highest BCUT2D eigenvalue weighted by Gasteiger charge is 2.14. The average molecular weight is 331 g/mol. The molecule has 3 aromatic rings.